The predicted molar refractivity (Wildman–Crippen MR) is 79.4 cm³/mol. The van der Waals surface area contributed by atoms with Gasteiger partial charge in [0.15, 0.2) is 0 Å². The van der Waals surface area contributed by atoms with Crippen molar-refractivity contribution in [2.75, 3.05) is 0 Å². The number of halogens is 2. The average Bonchev–Trinajstić information content (AvgIpc) is 2.75. The fourth-order valence-corrected chi connectivity index (χ4v) is 2.58. The first-order valence-electron chi connectivity index (χ1n) is 6.44. The predicted octanol–water partition coefficient (Wildman–Crippen LogP) is 2.72. The minimum Gasteiger partial charge on any atom is -0.315 e. The number of fused-ring (bicyclic) bond motifs is 1. The summed E-state index contributed by atoms with van der Waals surface area (Å²) in [7, 11) is 1.68. The van der Waals surface area contributed by atoms with Gasteiger partial charge in [0.1, 0.15) is 11.3 Å². The second-order valence-electron chi connectivity index (χ2n) is 4.98. The molecule has 0 spiro atoms. The molecular weight excluding hydrogens is 293 g/mol. The Labute approximate surface area is 125 Å². The first-order valence-corrected chi connectivity index (χ1v) is 6.82. The van der Waals surface area contributed by atoms with Crippen molar-refractivity contribution < 1.29 is 4.39 Å². The molecule has 2 aromatic heterocycles. The zero-order valence-corrected chi connectivity index (χ0v) is 12.4. The third kappa shape index (κ3) is 2.34. The molecule has 0 radical (unpaired) electrons. The van der Waals surface area contributed by atoms with Gasteiger partial charge >= 0.3 is 0 Å². The number of nitrogens with zero attached hydrogens (tertiary/aromatic N) is 3. The molecule has 0 saturated carbocycles. The Morgan fingerprint density at radius 1 is 1.33 bits per heavy atom. The van der Waals surface area contributed by atoms with Crippen LogP contribution in [0.4, 0.5) is 4.39 Å². The van der Waals surface area contributed by atoms with Gasteiger partial charge < -0.3 is 4.57 Å². The van der Waals surface area contributed by atoms with Crippen LogP contribution in [-0.2, 0) is 13.5 Å². The molecule has 4 nitrogen and oxygen atoms in total. The van der Waals surface area contributed by atoms with Crippen molar-refractivity contribution >= 4 is 17.1 Å². The van der Waals surface area contributed by atoms with Crippen molar-refractivity contribution in [3.63, 3.8) is 0 Å². The SMILES string of the molecule is Cc1nn2ccn(C)c(=O)c2c1Cc1cc(F)ccc1Cl. The maximum atomic E-state index is 13.4. The zero-order chi connectivity index (χ0) is 15.1. The first-order chi connectivity index (χ1) is 9.97. The highest BCUT2D eigenvalue weighted by molar-refractivity contribution is 6.31. The monoisotopic (exact) mass is 305 g/mol. The number of hydrogen-bond donors (Lipinski definition) is 0. The Balaban J connectivity index is 2.21. The molecule has 0 N–H and O–H groups in total. The molecule has 0 aliphatic heterocycles. The van der Waals surface area contributed by atoms with Gasteiger partial charge in [-0.3, -0.25) is 4.79 Å². The number of benzene rings is 1. The largest absolute Gasteiger partial charge is 0.315 e. The Morgan fingerprint density at radius 2 is 2.10 bits per heavy atom. The summed E-state index contributed by atoms with van der Waals surface area (Å²) in [6, 6.07) is 4.22. The van der Waals surface area contributed by atoms with Gasteiger partial charge in [-0.1, -0.05) is 11.6 Å². The molecule has 3 aromatic rings. The minimum absolute atomic E-state index is 0.138. The molecule has 1 aromatic carbocycles. The quantitative estimate of drug-likeness (QED) is 0.730. The van der Waals surface area contributed by atoms with E-state index in [1.54, 1.807) is 24.0 Å². The lowest BCUT2D eigenvalue weighted by molar-refractivity contribution is 0.626. The number of aryl methyl sites for hydroxylation is 2. The van der Waals surface area contributed by atoms with Crippen LogP contribution >= 0.6 is 11.6 Å². The summed E-state index contributed by atoms with van der Waals surface area (Å²) in [6.45, 7) is 1.83. The third-order valence-electron chi connectivity index (χ3n) is 3.54. The van der Waals surface area contributed by atoms with Crippen LogP contribution in [0.25, 0.3) is 5.52 Å². The zero-order valence-electron chi connectivity index (χ0n) is 11.6. The highest BCUT2D eigenvalue weighted by Crippen LogP contribution is 2.23. The summed E-state index contributed by atoms with van der Waals surface area (Å²) in [6.07, 6.45) is 3.74. The van der Waals surface area contributed by atoms with Gasteiger partial charge in [0.25, 0.3) is 5.56 Å². The molecular formula is C15H13ClFN3O. The van der Waals surface area contributed by atoms with Gasteiger partial charge in [-0.15, -0.1) is 0 Å². The Hall–Kier alpha value is -2.14. The molecule has 0 bridgehead atoms. The van der Waals surface area contributed by atoms with E-state index in [1.165, 1.54) is 22.8 Å². The van der Waals surface area contributed by atoms with E-state index >= 15 is 0 Å². The first kappa shape index (κ1) is 13.8. The molecule has 0 aliphatic rings. The summed E-state index contributed by atoms with van der Waals surface area (Å²) in [5, 5.41) is 4.80. The van der Waals surface area contributed by atoms with Crippen molar-refractivity contribution in [2.45, 2.75) is 13.3 Å². The maximum Gasteiger partial charge on any atom is 0.276 e. The van der Waals surface area contributed by atoms with Crippen molar-refractivity contribution in [3.8, 4) is 0 Å². The van der Waals surface area contributed by atoms with Crippen LogP contribution in [0.2, 0.25) is 5.02 Å². The van der Waals surface area contributed by atoms with Crippen LogP contribution in [0.5, 0.6) is 0 Å². The lowest BCUT2D eigenvalue weighted by Gasteiger charge is -2.05. The highest BCUT2D eigenvalue weighted by Gasteiger charge is 2.15. The standard InChI is InChI=1S/C15H13ClFN3O/c1-9-12(8-10-7-11(17)3-4-13(10)16)14-15(21)19(2)5-6-20(14)18-9/h3-7H,8H2,1-2H3. The van der Waals surface area contributed by atoms with Crippen molar-refractivity contribution in [2.24, 2.45) is 7.05 Å². The van der Waals surface area contributed by atoms with Crippen LogP contribution in [-0.4, -0.2) is 14.2 Å². The summed E-state index contributed by atoms with van der Waals surface area (Å²) >= 11 is 6.11. The molecule has 0 fully saturated rings. The Kier molecular flexibility index (Phi) is 3.29. The fourth-order valence-electron chi connectivity index (χ4n) is 2.40. The minimum atomic E-state index is -0.351. The lowest BCUT2D eigenvalue weighted by atomic mass is 10.0. The van der Waals surface area contributed by atoms with Crippen LogP contribution in [0.3, 0.4) is 0 Å². The van der Waals surface area contributed by atoms with Gasteiger partial charge in [0.2, 0.25) is 0 Å². The number of aromatic nitrogens is 3. The van der Waals surface area contributed by atoms with E-state index in [1.807, 2.05) is 6.92 Å². The molecule has 0 amide bonds. The van der Waals surface area contributed by atoms with E-state index in [2.05, 4.69) is 5.10 Å². The Bertz CT molecular complexity index is 898. The molecule has 21 heavy (non-hydrogen) atoms. The summed E-state index contributed by atoms with van der Waals surface area (Å²) in [5.74, 6) is -0.351. The molecule has 2 heterocycles. The van der Waals surface area contributed by atoms with E-state index in [4.69, 9.17) is 11.6 Å². The van der Waals surface area contributed by atoms with Gasteiger partial charge in [0.05, 0.1) is 5.69 Å². The average molecular weight is 306 g/mol. The molecule has 0 atom stereocenters. The highest BCUT2D eigenvalue weighted by atomic mass is 35.5. The van der Waals surface area contributed by atoms with Crippen molar-refractivity contribution in [3.05, 3.63) is 68.6 Å². The summed E-state index contributed by atoms with van der Waals surface area (Å²) < 4.78 is 16.4. The molecule has 0 unspecified atom stereocenters. The van der Waals surface area contributed by atoms with Gasteiger partial charge in [-0.25, -0.2) is 8.91 Å². The maximum absolute atomic E-state index is 13.4. The second kappa shape index (κ2) is 5.00. The molecule has 3 rings (SSSR count). The topological polar surface area (TPSA) is 39.3 Å². The Morgan fingerprint density at radius 3 is 2.86 bits per heavy atom. The van der Waals surface area contributed by atoms with E-state index in [0.29, 0.717) is 22.5 Å². The van der Waals surface area contributed by atoms with Gasteiger partial charge in [-0.2, -0.15) is 5.10 Å². The molecule has 6 heteroatoms. The molecule has 0 aliphatic carbocycles. The van der Waals surface area contributed by atoms with E-state index in [9.17, 15) is 9.18 Å². The van der Waals surface area contributed by atoms with E-state index < -0.39 is 0 Å². The number of rotatable bonds is 2. The van der Waals surface area contributed by atoms with Crippen LogP contribution in [0, 0.1) is 12.7 Å². The van der Waals surface area contributed by atoms with Gasteiger partial charge in [0, 0.05) is 36.4 Å². The summed E-state index contributed by atoms with van der Waals surface area (Å²) in [5.41, 5.74) is 2.50. The third-order valence-corrected chi connectivity index (χ3v) is 3.91. The van der Waals surface area contributed by atoms with Gasteiger partial charge in [-0.05, 0) is 30.7 Å². The molecule has 108 valence electrons. The lowest BCUT2D eigenvalue weighted by Crippen LogP contribution is -2.19. The normalized spacial score (nSPS) is 11.2. The fraction of sp³-hybridized carbons (Fsp3) is 0.200. The number of hydrogen-bond acceptors (Lipinski definition) is 2. The molecule has 0 saturated heterocycles. The van der Waals surface area contributed by atoms with Crippen LogP contribution < -0.4 is 5.56 Å². The summed E-state index contributed by atoms with van der Waals surface area (Å²) in [4.78, 5) is 12.3. The van der Waals surface area contributed by atoms with E-state index in [0.717, 1.165) is 11.3 Å². The smallest absolute Gasteiger partial charge is 0.276 e. The van der Waals surface area contributed by atoms with Crippen molar-refractivity contribution in [1.29, 1.82) is 0 Å². The van der Waals surface area contributed by atoms with E-state index in [-0.39, 0.29) is 11.4 Å². The van der Waals surface area contributed by atoms with Crippen LogP contribution in [0.1, 0.15) is 16.8 Å². The second-order valence-corrected chi connectivity index (χ2v) is 5.39. The van der Waals surface area contributed by atoms with Crippen molar-refractivity contribution in [1.82, 2.24) is 14.2 Å². The van der Waals surface area contributed by atoms with Crippen LogP contribution in [0.15, 0.2) is 35.4 Å².